The maximum Gasteiger partial charge on any atom is 0.257 e. The van der Waals surface area contributed by atoms with Gasteiger partial charge >= 0.3 is 0 Å². The molecule has 0 heterocycles. The fraction of sp³-hybridized carbons (Fsp3) is 0.385. The molecule has 0 saturated heterocycles. The topological polar surface area (TPSA) is 55.4 Å². The average Bonchev–Trinajstić information content (AvgIpc) is 2.34. The number of Topliss-reactive ketones (excluding diaryl/α,β-unsaturated/α-hetero) is 1. The van der Waals surface area contributed by atoms with Gasteiger partial charge in [-0.3, -0.25) is 9.59 Å². The van der Waals surface area contributed by atoms with Crippen molar-refractivity contribution < 1.29 is 18.7 Å². The van der Waals surface area contributed by atoms with Crippen LogP contribution in [0, 0.1) is 5.82 Å². The minimum atomic E-state index is -0.511. The summed E-state index contributed by atoms with van der Waals surface area (Å²) in [6, 6.07) is 3.63. The number of benzene rings is 1. The molecule has 0 saturated carbocycles. The SMILES string of the molecule is CCCNC(=O)COc1ccc(F)cc1C(C)=O. The van der Waals surface area contributed by atoms with Gasteiger partial charge in [0.15, 0.2) is 12.4 Å². The van der Waals surface area contributed by atoms with Gasteiger partial charge < -0.3 is 10.1 Å². The van der Waals surface area contributed by atoms with Gasteiger partial charge in [-0.25, -0.2) is 4.39 Å². The third-order valence-corrected chi connectivity index (χ3v) is 2.25. The van der Waals surface area contributed by atoms with Crippen molar-refractivity contribution in [2.24, 2.45) is 0 Å². The van der Waals surface area contributed by atoms with Gasteiger partial charge in [-0.1, -0.05) is 6.92 Å². The van der Waals surface area contributed by atoms with Crippen molar-refractivity contribution in [3.05, 3.63) is 29.6 Å². The average molecular weight is 253 g/mol. The van der Waals surface area contributed by atoms with E-state index in [1.54, 1.807) is 0 Å². The van der Waals surface area contributed by atoms with E-state index >= 15 is 0 Å². The molecular weight excluding hydrogens is 237 g/mol. The van der Waals surface area contributed by atoms with Gasteiger partial charge in [0.1, 0.15) is 11.6 Å². The van der Waals surface area contributed by atoms with Crippen LogP contribution >= 0.6 is 0 Å². The quantitative estimate of drug-likeness (QED) is 0.788. The summed E-state index contributed by atoms with van der Waals surface area (Å²) in [5.74, 6) is -0.868. The molecule has 0 bridgehead atoms. The molecule has 1 rings (SSSR count). The Kier molecular flexibility index (Phi) is 5.30. The lowest BCUT2D eigenvalue weighted by Crippen LogP contribution is -2.29. The molecule has 0 atom stereocenters. The molecule has 0 aliphatic rings. The molecule has 0 unspecified atom stereocenters. The van der Waals surface area contributed by atoms with Gasteiger partial charge in [0.2, 0.25) is 0 Å². The Morgan fingerprint density at radius 1 is 1.39 bits per heavy atom. The van der Waals surface area contributed by atoms with E-state index in [0.29, 0.717) is 6.54 Å². The van der Waals surface area contributed by atoms with E-state index < -0.39 is 5.82 Å². The van der Waals surface area contributed by atoms with Crippen LogP contribution in [0.4, 0.5) is 4.39 Å². The van der Waals surface area contributed by atoms with Crippen LogP contribution in [-0.4, -0.2) is 24.8 Å². The summed E-state index contributed by atoms with van der Waals surface area (Å²) in [5, 5.41) is 2.64. The highest BCUT2D eigenvalue weighted by molar-refractivity contribution is 5.96. The maximum absolute atomic E-state index is 13.0. The number of rotatable bonds is 6. The Labute approximate surface area is 105 Å². The van der Waals surface area contributed by atoms with Crippen LogP contribution in [0.5, 0.6) is 5.75 Å². The maximum atomic E-state index is 13.0. The van der Waals surface area contributed by atoms with Crippen LogP contribution < -0.4 is 10.1 Å². The fourth-order valence-electron chi connectivity index (χ4n) is 1.36. The number of hydrogen-bond donors (Lipinski definition) is 1. The molecular formula is C13H16FNO3. The molecule has 4 nitrogen and oxygen atoms in total. The van der Waals surface area contributed by atoms with Crippen LogP contribution in [0.1, 0.15) is 30.6 Å². The zero-order chi connectivity index (χ0) is 13.5. The van der Waals surface area contributed by atoms with Crippen molar-refractivity contribution in [3.8, 4) is 5.75 Å². The van der Waals surface area contributed by atoms with E-state index in [-0.39, 0.29) is 29.6 Å². The summed E-state index contributed by atoms with van der Waals surface area (Å²) in [4.78, 5) is 22.6. The van der Waals surface area contributed by atoms with Crippen molar-refractivity contribution in [2.45, 2.75) is 20.3 Å². The first-order chi connectivity index (χ1) is 8.54. The van der Waals surface area contributed by atoms with E-state index in [1.165, 1.54) is 19.1 Å². The highest BCUT2D eigenvalue weighted by Crippen LogP contribution is 2.20. The number of ketones is 1. The lowest BCUT2D eigenvalue weighted by atomic mass is 10.1. The lowest BCUT2D eigenvalue weighted by molar-refractivity contribution is -0.123. The third-order valence-electron chi connectivity index (χ3n) is 2.25. The molecule has 1 amide bonds. The first kappa shape index (κ1) is 14.2. The van der Waals surface area contributed by atoms with Crippen LogP contribution in [-0.2, 0) is 4.79 Å². The van der Waals surface area contributed by atoms with Gasteiger partial charge in [-0.05, 0) is 31.5 Å². The Bertz CT molecular complexity index is 446. The summed E-state index contributed by atoms with van der Waals surface area (Å²) in [6.45, 7) is 3.64. The van der Waals surface area contributed by atoms with Gasteiger partial charge in [-0.2, -0.15) is 0 Å². The zero-order valence-corrected chi connectivity index (χ0v) is 10.5. The molecule has 0 aliphatic heterocycles. The second kappa shape index (κ2) is 6.74. The summed E-state index contributed by atoms with van der Waals surface area (Å²) >= 11 is 0. The molecule has 0 fully saturated rings. The van der Waals surface area contributed by atoms with E-state index in [9.17, 15) is 14.0 Å². The molecule has 0 radical (unpaired) electrons. The molecule has 0 aliphatic carbocycles. The largest absolute Gasteiger partial charge is 0.483 e. The summed E-state index contributed by atoms with van der Waals surface area (Å²) in [7, 11) is 0. The number of hydrogen-bond acceptors (Lipinski definition) is 3. The number of ether oxygens (including phenoxy) is 1. The van der Waals surface area contributed by atoms with Crippen molar-refractivity contribution in [1.82, 2.24) is 5.32 Å². The minimum Gasteiger partial charge on any atom is -0.483 e. The lowest BCUT2D eigenvalue weighted by Gasteiger charge is -2.09. The van der Waals surface area contributed by atoms with Gasteiger partial charge in [0.25, 0.3) is 5.91 Å². The Hall–Kier alpha value is -1.91. The molecule has 1 N–H and O–H groups in total. The number of amides is 1. The minimum absolute atomic E-state index is 0.137. The number of carbonyl (C=O) groups excluding carboxylic acids is 2. The van der Waals surface area contributed by atoms with Gasteiger partial charge in [0.05, 0.1) is 5.56 Å². The van der Waals surface area contributed by atoms with E-state index in [1.807, 2.05) is 6.92 Å². The molecule has 1 aromatic rings. The van der Waals surface area contributed by atoms with E-state index in [4.69, 9.17) is 4.74 Å². The van der Waals surface area contributed by atoms with E-state index in [2.05, 4.69) is 5.32 Å². The van der Waals surface area contributed by atoms with Crippen molar-refractivity contribution in [2.75, 3.05) is 13.2 Å². The highest BCUT2D eigenvalue weighted by Gasteiger charge is 2.11. The zero-order valence-electron chi connectivity index (χ0n) is 10.5. The predicted molar refractivity (Wildman–Crippen MR) is 65.2 cm³/mol. The summed E-state index contributed by atoms with van der Waals surface area (Å²) in [5.41, 5.74) is 0.137. The molecule has 18 heavy (non-hydrogen) atoms. The van der Waals surface area contributed by atoms with Crippen LogP contribution in [0.2, 0.25) is 0 Å². The van der Waals surface area contributed by atoms with Crippen LogP contribution in [0.25, 0.3) is 0 Å². The summed E-state index contributed by atoms with van der Waals surface area (Å²) in [6.07, 6.45) is 0.834. The van der Waals surface area contributed by atoms with Gasteiger partial charge in [-0.15, -0.1) is 0 Å². The Balaban J connectivity index is 2.67. The normalized spacial score (nSPS) is 9.94. The second-order valence-electron chi connectivity index (χ2n) is 3.84. The number of halogens is 1. The Morgan fingerprint density at radius 3 is 2.72 bits per heavy atom. The standard InChI is InChI=1S/C13H16FNO3/c1-3-6-15-13(17)8-18-12-5-4-10(14)7-11(12)9(2)16/h4-5,7H,3,6,8H2,1-2H3,(H,15,17). The smallest absolute Gasteiger partial charge is 0.257 e. The molecule has 5 heteroatoms. The fourth-order valence-corrected chi connectivity index (χ4v) is 1.36. The highest BCUT2D eigenvalue weighted by atomic mass is 19.1. The first-order valence-corrected chi connectivity index (χ1v) is 5.74. The summed E-state index contributed by atoms with van der Waals surface area (Å²) < 4.78 is 18.2. The van der Waals surface area contributed by atoms with Crippen molar-refractivity contribution in [3.63, 3.8) is 0 Å². The Morgan fingerprint density at radius 2 is 2.11 bits per heavy atom. The van der Waals surface area contributed by atoms with Crippen LogP contribution in [0.3, 0.4) is 0 Å². The second-order valence-corrected chi connectivity index (χ2v) is 3.84. The first-order valence-electron chi connectivity index (χ1n) is 5.74. The van der Waals surface area contributed by atoms with E-state index in [0.717, 1.165) is 12.5 Å². The van der Waals surface area contributed by atoms with Crippen LogP contribution in [0.15, 0.2) is 18.2 Å². The van der Waals surface area contributed by atoms with Gasteiger partial charge in [0, 0.05) is 6.54 Å². The molecule has 0 spiro atoms. The molecule has 1 aromatic carbocycles. The molecule has 98 valence electrons. The monoisotopic (exact) mass is 253 g/mol. The molecule has 0 aromatic heterocycles. The predicted octanol–water partition coefficient (Wildman–Crippen LogP) is 1.93. The third kappa shape index (κ3) is 4.16. The van der Waals surface area contributed by atoms with Crippen molar-refractivity contribution >= 4 is 11.7 Å². The van der Waals surface area contributed by atoms with Crippen molar-refractivity contribution in [1.29, 1.82) is 0 Å². The number of nitrogens with one attached hydrogen (secondary N) is 1. The number of carbonyl (C=O) groups is 2.